The highest BCUT2D eigenvalue weighted by atomic mass is 15.3. The smallest absolute Gasteiger partial charge is 0.171 e. The number of nitrogens with zero attached hydrogens (tertiary/aromatic N) is 4. The molecular formula is C10H8N4. The molecule has 4 heteroatoms. The normalized spacial score (nSPS) is 9.71. The molecule has 0 aromatic carbocycles. The monoisotopic (exact) mass is 184 g/mol. The predicted octanol–water partition coefficient (Wildman–Crippen LogP) is 1.45. The Morgan fingerprint density at radius 1 is 1.43 bits per heavy atom. The molecule has 0 amide bonds. The lowest BCUT2D eigenvalue weighted by molar-refractivity contribution is 0.829. The SMILES string of the molecule is Cc1ccn(-c2ncccc2C#N)n1. The van der Waals surface area contributed by atoms with Crippen molar-refractivity contribution in [1.29, 1.82) is 5.26 Å². The van der Waals surface area contributed by atoms with Gasteiger partial charge < -0.3 is 0 Å². The molecule has 2 aromatic heterocycles. The zero-order valence-electron chi connectivity index (χ0n) is 7.68. The lowest BCUT2D eigenvalue weighted by atomic mass is 10.3. The third-order valence-corrected chi connectivity index (χ3v) is 1.85. The molecule has 0 radical (unpaired) electrons. The van der Waals surface area contributed by atoms with Crippen LogP contribution in [0.2, 0.25) is 0 Å². The number of hydrogen-bond acceptors (Lipinski definition) is 3. The quantitative estimate of drug-likeness (QED) is 0.674. The van der Waals surface area contributed by atoms with Gasteiger partial charge in [-0.1, -0.05) is 0 Å². The van der Waals surface area contributed by atoms with Crippen molar-refractivity contribution in [2.24, 2.45) is 0 Å². The molecule has 0 aliphatic heterocycles. The summed E-state index contributed by atoms with van der Waals surface area (Å²) in [6, 6.07) is 7.41. The summed E-state index contributed by atoms with van der Waals surface area (Å²) in [6.45, 7) is 1.89. The molecule has 0 bridgehead atoms. The fraction of sp³-hybridized carbons (Fsp3) is 0.100. The molecule has 0 spiro atoms. The standard InChI is InChI=1S/C10H8N4/c1-8-4-6-14(13-8)10-9(7-11)3-2-5-12-10/h2-6H,1H3. The van der Waals surface area contributed by atoms with Crippen LogP contribution < -0.4 is 0 Å². The Morgan fingerprint density at radius 2 is 2.29 bits per heavy atom. The van der Waals surface area contributed by atoms with E-state index in [1.54, 1.807) is 29.2 Å². The lowest BCUT2D eigenvalue weighted by Crippen LogP contribution is -2.00. The first-order valence-electron chi connectivity index (χ1n) is 4.19. The largest absolute Gasteiger partial charge is 0.236 e. The predicted molar refractivity (Wildman–Crippen MR) is 50.8 cm³/mol. The lowest BCUT2D eigenvalue weighted by Gasteiger charge is -2.00. The van der Waals surface area contributed by atoms with Gasteiger partial charge in [-0.2, -0.15) is 10.4 Å². The molecule has 0 aliphatic rings. The average Bonchev–Trinajstić information content (AvgIpc) is 2.65. The van der Waals surface area contributed by atoms with Crippen molar-refractivity contribution >= 4 is 0 Å². The van der Waals surface area contributed by atoms with Crippen LogP contribution in [0.1, 0.15) is 11.3 Å². The van der Waals surface area contributed by atoms with Crippen LogP contribution in [0.4, 0.5) is 0 Å². The number of rotatable bonds is 1. The first kappa shape index (κ1) is 8.45. The number of pyridine rings is 1. The van der Waals surface area contributed by atoms with Crippen LogP contribution >= 0.6 is 0 Å². The van der Waals surface area contributed by atoms with Crippen LogP contribution in [0, 0.1) is 18.3 Å². The summed E-state index contributed by atoms with van der Waals surface area (Å²) in [7, 11) is 0. The van der Waals surface area contributed by atoms with Crippen molar-refractivity contribution in [3.05, 3.63) is 41.9 Å². The molecule has 68 valence electrons. The van der Waals surface area contributed by atoms with Crippen molar-refractivity contribution in [3.8, 4) is 11.9 Å². The minimum absolute atomic E-state index is 0.524. The fourth-order valence-electron chi connectivity index (χ4n) is 1.20. The summed E-state index contributed by atoms with van der Waals surface area (Å²) in [5, 5.41) is 13.0. The van der Waals surface area contributed by atoms with Gasteiger partial charge in [0, 0.05) is 12.4 Å². The number of aryl methyl sites for hydroxylation is 1. The molecule has 0 fully saturated rings. The second kappa shape index (κ2) is 3.30. The van der Waals surface area contributed by atoms with Crippen LogP contribution in [-0.4, -0.2) is 14.8 Å². The average molecular weight is 184 g/mol. The van der Waals surface area contributed by atoms with Gasteiger partial charge in [0.2, 0.25) is 0 Å². The van der Waals surface area contributed by atoms with Gasteiger partial charge in [-0.25, -0.2) is 9.67 Å². The minimum atomic E-state index is 0.524. The van der Waals surface area contributed by atoms with Crippen LogP contribution in [0.25, 0.3) is 5.82 Å². The highest BCUT2D eigenvalue weighted by Gasteiger charge is 2.04. The molecule has 2 heterocycles. The van der Waals surface area contributed by atoms with Crippen LogP contribution in [0.3, 0.4) is 0 Å². The molecule has 0 N–H and O–H groups in total. The molecule has 0 unspecified atom stereocenters. The van der Waals surface area contributed by atoms with Crippen LogP contribution in [-0.2, 0) is 0 Å². The zero-order valence-corrected chi connectivity index (χ0v) is 7.68. The second-order valence-electron chi connectivity index (χ2n) is 2.89. The third kappa shape index (κ3) is 1.36. The van der Waals surface area contributed by atoms with Crippen molar-refractivity contribution in [3.63, 3.8) is 0 Å². The molecular weight excluding hydrogens is 176 g/mol. The Bertz CT molecular complexity index is 493. The van der Waals surface area contributed by atoms with E-state index in [0.29, 0.717) is 11.4 Å². The van der Waals surface area contributed by atoms with E-state index in [9.17, 15) is 0 Å². The van der Waals surface area contributed by atoms with Gasteiger partial charge in [0.05, 0.1) is 11.3 Å². The molecule has 0 atom stereocenters. The summed E-state index contributed by atoms with van der Waals surface area (Å²) in [5.74, 6) is 0.572. The zero-order chi connectivity index (χ0) is 9.97. The van der Waals surface area contributed by atoms with E-state index in [1.807, 2.05) is 13.0 Å². The number of aromatic nitrogens is 3. The van der Waals surface area contributed by atoms with E-state index >= 15 is 0 Å². The topological polar surface area (TPSA) is 54.5 Å². The van der Waals surface area contributed by atoms with Crippen molar-refractivity contribution < 1.29 is 0 Å². The number of hydrogen-bond donors (Lipinski definition) is 0. The summed E-state index contributed by atoms with van der Waals surface area (Å²) in [6.07, 6.45) is 3.44. The van der Waals surface area contributed by atoms with Crippen LogP contribution in [0.5, 0.6) is 0 Å². The highest BCUT2D eigenvalue weighted by Crippen LogP contribution is 2.09. The van der Waals surface area contributed by atoms with Crippen LogP contribution in [0.15, 0.2) is 30.6 Å². The minimum Gasteiger partial charge on any atom is -0.236 e. The third-order valence-electron chi connectivity index (χ3n) is 1.85. The van der Waals surface area contributed by atoms with E-state index in [1.165, 1.54) is 0 Å². The van der Waals surface area contributed by atoms with Crippen molar-refractivity contribution in [1.82, 2.24) is 14.8 Å². The van der Waals surface area contributed by atoms with E-state index < -0.39 is 0 Å². The molecule has 0 saturated carbocycles. The van der Waals surface area contributed by atoms with Gasteiger partial charge in [-0.3, -0.25) is 0 Å². The number of nitriles is 1. The Kier molecular flexibility index (Phi) is 1.99. The first-order valence-corrected chi connectivity index (χ1v) is 4.19. The van der Waals surface area contributed by atoms with E-state index in [4.69, 9.17) is 5.26 Å². The van der Waals surface area contributed by atoms with Crippen molar-refractivity contribution in [2.75, 3.05) is 0 Å². The summed E-state index contributed by atoms with van der Waals surface area (Å²) in [5.41, 5.74) is 1.43. The van der Waals surface area contributed by atoms with Gasteiger partial charge in [0.1, 0.15) is 6.07 Å². The Balaban J connectivity index is 2.57. The van der Waals surface area contributed by atoms with E-state index in [2.05, 4.69) is 16.2 Å². The maximum Gasteiger partial charge on any atom is 0.171 e. The van der Waals surface area contributed by atoms with E-state index in [-0.39, 0.29) is 0 Å². The maximum absolute atomic E-state index is 8.86. The van der Waals surface area contributed by atoms with Gasteiger partial charge in [0.15, 0.2) is 5.82 Å². The molecule has 14 heavy (non-hydrogen) atoms. The fourth-order valence-corrected chi connectivity index (χ4v) is 1.20. The Hall–Kier alpha value is -2.15. The van der Waals surface area contributed by atoms with E-state index in [0.717, 1.165) is 5.69 Å². The summed E-state index contributed by atoms with van der Waals surface area (Å²) >= 11 is 0. The van der Waals surface area contributed by atoms with Gasteiger partial charge >= 0.3 is 0 Å². The molecule has 2 aromatic rings. The summed E-state index contributed by atoms with van der Waals surface area (Å²) < 4.78 is 1.61. The first-order chi connectivity index (χ1) is 6.81. The molecule has 0 saturated heterocycles. The Morgan fingerprint density at radius 3 is 2.93 bits per heavy atom. The van der Waals surface area contributed by atoms with Crippen molar-refractivity contribution in [2.45, 2.75) is 6.92 Å². The Labute approximate surface area is 81.4 Å². The van der Waals surface area contributed by atoms with Gasteiger partial charge in [0.25, 0.3) is 0 Å². The highest BCUT2D eigenvalue weighted by molar-refractivity contribution is 5.42. The maximum atomic E-state index is 8.86. The second-order valence-corrected chi connectivity index (χ2v) is 2.89. The van der Waals surface area contributed by atoms with Gasteiger partial charge in [-0.15, -0.1) is 0 Å². The molecule has 0 aliphatic carbocycles. The molecule has 2 rings (SSSR count). The summed E-state index contributed by atoms with van der Waals surface area (Å²) in [4.78, 5) is 4.11. The molecule has 4 nitrogen and oxygen atoms in total. The van der Waals surface area contributed by atoms with Gasteiger partial charge in [-0.05, 0) is 25.1 Å².